The number of nitrogens with one attached hydrogen (secondary N) is 1. The predicted molar refractivity (Wildman–Crippen MR) is 82.3 cm³/mol. The van der Waals surface area contributed by atoms with Crippen LogP contribution in [0.2, 0.25) is 0 Å². The van der Waals surface area contributed by atoms with Crippen LogP contribution in [0.5, 0.6) is 0 Å². The van der Waals surface area contributed by atoms with Gasteiger partial charge in [-0.25, -0.2) is 8.78 Å². The Hall–Kier alpha value is -1.88. The summed E-state index contributed by atoms with van der Waals surface area (Å²) in [6, 6.07) is 13.2. The van der Waals surface area contributed by atoms with Crippen molar-refractivity contribution in [3.05, 3.63) is 65.7 Å². The van der Waals surface area contributed by atoms with Crippen molar-refractivity contribution in [3.63, 3.8) is 0 Å². The number of hydrogen-bond acceptors (Lipinski definition) is 2. The number of halogens is 2. The van der Waals surface area contributed by atoms with Crippen molar-refractivity contribution in [2.45, 2.75) is 12.2 Å². The molecule has 2 nitrogen and oxygen atoms in total. The van der Waals surface area contributed by atoms with E-state index < -0.39 is 23.2 Å². The average Bonchev–Trinajstić information content (AvgIpc) is 2.49. The van der Waals surface area contributed by atoms with Crippen LogP contribution in [0.1, 0.15) is 17.7 Å². The molecule has 0 saturated heterocycles. The van der Waals surface area contributed by atoms with Gasteiger partial charge in [0.15, 0.2) is 0 Å². The van der Waals surface area contributed by atoms with Crippen molar-refractivity contribution in [2.24, 2.45) is 0 Å². The average molecular weight is 307 g/mol. The Bertz CT molecular complexity index is 599. The Morgan fingerprint density at radius 3 is 2.33 bits per heavy atom. The molecule has 0 saturated carbocycles. The molecule has 1 atom stereocenters. The summed E-state index contributed by atoms with van der Waals surface area (Å²) in [7, 11) is 0. The molecule has 2 rings (SSSR count). The van der Waals surface area contributed by atoms with E-state index in [1.165, 1.54) is 17.8 Å². The van der Waals surface area contributed by atoms with Crippen LogP contribution in [0.4, 0.5) is 14.5 Å². The third-order valence-electron chi connectivity index (χ3n) is 2.96. The van der Waals surface area contributed by atoms with Crippen molar-refractivity contribution in [1.29, 1.82) is 0 Å². The fraction of sp³-hybridized carbons (Fsp3) is 0.188. The van der Waals surface area contributed by atoms with Gasteiger partial charge in [0.25, 0.3) is 0 Å². The van der Waals surface area contributed by atoms with Crippen LogP contribution in [0, 0.1) is 11.6 Å². The molecule has 0 aliphatic heterocycles. The van der Waals surface area contributed by atoms with Crippen LogP contribution >= 0.6 is 11.8 Å². The molecular weight excluding hydrogens is 292 g/mol. The molecule has 0 radical (unpaired) electrons. The Labute approximate surface area is 126 Å². The lowest BCUT2D eigenvalue weighted by molar-refractivity contribution is -0.113. The van der Waals surface area contributed by atoms with Gasteiger partial charge < -0.3 is 5.32 Å². The van der Waals surface area contributed by atoms with E-state index in [0.29, 0.717) is 0 Å². The largest absolute Gasteiger partial charge is 0.320 e. The van der Waals surface area contributed by atoms with Crippen molar-refractivity contribution in [2.75, 3.05) is 11.1 Å². The first-order valence-electron chi connectivity index (χ1n) is 6.48. The normalized spacial score (nSPS) is 12.0. The summed E-state index contributed by atoms with van der Waals surface area (Å²) in [4.78, 5) is 11.8. The highest BCUT2D eigenvalue weighted by molar-refractivity contribution is 8.00. The summed E-state index contributed by atoms with van der Waals surface area (Å²) in [6.45, 7) is 1.98. The third kappa shape index (κ3) is 4.29. The van der Waals surface area contributed by atoms with Crippen LogP contribution < -0.4 is 5.32 Å². The molecule has 2 aromatic carbocycles. The summed E-state index contributed by atoms with van der Waals surface area (Å²) in [5.41, 5.74) is 0.711. The van der Waals surface area contributed by atoms with E-state index >= 15 is 0 Å². The van der Waals surface area contributed by atoms with E-state index in [9.17, 15) is 13.6 Å². The zero-order chi connectivity index (χ0) is 15.2. The molecule has 1 amide bonds. The molecule has 0 spiro atoms. The van der Waals surface area contributed by atoms with E-state index in [2.05, 4.69) is 5.32 Å². The summed E-state index contributed by atoms with van der Waals surface area (Å²) < 4.78 is 26.8. The van der Waals surface area contributed by atoms with Gasteiger partial charge in [-0.1, -0.05) is 36.4 Å². The van der Waals surface area contributed by atoms with Crippen molar-refractivity contribution >= 4 is 23.4 Å². The number of rotatable bonds is 5. The second kappa shape index (κ2) is 7.22. The number of thioether (sulfide) groups is 1. The van der Waals surface area contributed by atoms with Gasteiger partial charge in [0.1, 0.15) is 17.3 Å². The smallest absolute Gasteiger partial charge is 0.234 e. The van der Waals surface area contributed by atoms with Crippen LogP contribution in [-0.4, -0.2) is 11.7 Å². The second-order valence-electron chi connectivity index (χ2n) is 4.51. The summed E-state index contributed by atoms with van der Waals surface area (Å²) in [6.07, 6.45) is 0. The predicted octanol–water partition coefficient (Wildman–Crippen LogP) is 4.40. The third-order valence-corrected chi connectivity index (χ3v) is 4.16. The van der Waals surface area contributed by atoms with Gasteiger partial charge in [0.2, 0.25) is 5.91 Å². The van der Waals surface area contributed by atoms with Gasteiger partial charge in [-0.2, -0.15) is 0 Å². The highest BCUT2D eigenvalue weighted by atomic mass is 32.2. The van der Waals surface area contributed by atoms with Gasteiger partial charge in [-0.3, -0.25) is 4.79 Å². The molecule has 0 aliphatic rings. The molecule has 0 fully saturated rings. The van der Waals surface area contributed by atoms with Crippen molar-refractivity contribution in [1.82, 2.24) is 0 Å². The summed E-state index contributed by atoms with van der Waals surface area (Å²) in [5.74, 6) is -1.84. The van der Waals surface area contributed by atoms with Crippen molar-refractivity contribution < 1.29 is 13.6 Å². The van der Waals surface area contributed by atoms with Gasteiger partial charge in [-0.15, -0.1) is 11.8 Å². The first-order valence-corrected chi connectivity index (χ1v) is 7.53. The molecular formula is C16H15F2NOS. The van der Waals surface area contributed by atoms with E-state index in [0.717, 1.165) is 17.7 Å². The van der Waals surface area contributed by atoms with E-state index in [4.69, 9.17) is 0 Å². The molecule has 1 N–H and O–H groups in total. The maximum Gasteiger partial charge on any atom is 0.234 e. The molecule has 21 heavy (non-hydrogen) atoms. The monoisotopic (exact) mass is 307 g/mol. The van der Waals surface area contributed by atoms with E-state index in [1.807, 2.05) is 37.3 Å². The van der Waals surface area contributed by atoms with Crippen molar-refractivity contribution in [3.8, 4) is 0 Å². The van der Waals surface area contributed by atoms with E-state index in [-0.39, 0.29) is 11.0 Å². The Balaban J connectivity index is 1.91. The van der Waals surface area contributed by atoms with Gasteiger partial charge >= 0.3 is 0 Å². The number of carbonyl (C=O) groups excluding carboxylic acids is 1. The maximum atomic E-state index is 13.4. The molecule has 110 valence electrons. The fourth-order valence-corrected chi connectivity index (χ4v) is 2.64. The van der Waals surface area contributed by atoms with Crippen LogP contribution in [-0.2, 0) is 4.79 Å². The van der Waals surface area contributed by atoms with Gasteiger partial charge in [-0.05, 0) is 24.6 Å². The highest BCUT2D eigenvalue weighted by Gasteiger charge is 2.13. The minimum absolute atomic E-state index is 0.127. The van der Waals surface area contributed by atoms with E-state index in [1.54, 1.807) is 0 Å². The standard InChI is InChI=1S/C16H15F2NOS/c1-11(12-6-3-2-4-7-12)21-10-15(20)19-16-13(17)8-5-9-14(16)18/h2-9,11H,10H2,1H3,(H,19,20)/t11-/m1/s1. The number of hydrogen-bond donors (Lipinski definition) is 1. The van der Waals surface area contributed by atoms with Gasteiger partial charge in [0.05, 0.1) is 5.75 Å². The Kier molecular flexibility index (Phi) is 5.33. The molecule has 0 heterocycles. The van der Waals surface area contributed by atoms with Crippen LogP contribution in [0.25, 0.3) is 0 Å². The lowest BCUT2D eigenvalue weighted by atomic mass is 10.2. The summed E-state index contributed by atoms with van der Waals surface area (Å²) in [5, 5.41) is 2.40. The molecule has 0 aliphatic carbocycles. The zero-order valence-corrected chi connectivity index (χ0v) is 12.3. The number of carbonyl (C=O) groups is 1. The highest BCUT2D eigenvalue weighted by Crippen LogP contribution is 2.28. The number of amides is 1. The SMILES string of the molecule is C[C@@H](SCC(=O)Nc1c(F)cccc1F)c1ccccc1. The minimum Gasteiger partial charge on any atom is -0.320 e. The molecule has 0 bridgehead atoms. The molecule has 2 aromatic rings. The molecule has 5 heteroatoms. The quantitative estimate of drug-likeness (QED) is 0.887. The number of benzene rings is 2. The first kappa shape index (κ1) is 15.5. The van der Waals surface area contributed by atoms with Crippen LogP contribution in [0.3, 0.4) is 0 Å². The Morgan fingerprint density at radius 2 is 1.71 bits per heavy atom. The summed E-state index contributed by atoms with van der Waals surface area (Å²) >= 11 is 1.41. The fourth-order valence-electron chi connectivity index (χ4n) is 1.81. The zero-order valence-electron chi connectivity index (χ0n) is 11.5. The lowest BCUT2D eigenvalue weighted by Gasteiger charge is -2.12. The van der Waals surface area contributed by atoms with Gasteiger partial charge in [0, 0.05) is 5.25 Å². The first-order chi connectivity index (χ1) is 10.1. The number of para-hydroxylation sites is 1. The second-order valence-corrected chi connectivity index (χ2v) is 5.84. The lowest BCUT2D eigenvalue weighted by Crippen LogP contribution is -2.16. The molecule has 0 aromatic heterocycles. The maximum absolute atomic E-state index is 13.4. The minimum atomic E-state index is -0.774. The van der Waals surface area contributed by atoms with Crippen LogP contribution in [0.15, 0.2) is 48.5 Å². The molecule has 0 unspecified atom stereocenters. The number of anilines is 1. The Morgan fingerprint density at radius 1 is 1.10 bits per heavy atom. The topological polar surface area (TPSA) is 29.1 Å².